The van der Waals surface area contributed by atoms with Crippen molar-refractivity contribution in [3.05, 3.63) is 160 Å². The second-order valence-corrected chi connectivity index (χ2v) is 17.4. The minimum atomic E-state index is -1.15. The number of halogens is 9. The Morgan fingerprint density at radius 3 is 1.21 bits per heavy atom. The third-order valence-corrected chi connectivity index (χ3v) is 11.2. The summed E-state index contributed by atoms with van der Waals surface area (Å²) < 4.78 is 83.9. The summed E-state index contributed by atoms with van der Waals surface area (Å²) in [6.07, 6.45) is 0. The lowest BCUT2D eigenvalue weighted by molar-refractivity contribution is -0.137. The van der Waals surface area contributed by atoms with Gasteiger partial charge in [0.15, 0.2) is 34.5 Å². The SMILES string of the molecule is CCOC(=O)C(=C(Cl)Cl)c1cc(Oc2ccc(C)cc2OC)c(Cl)cc1F.CCOC(=O)C(=O)c1cc(Oc2ccc(C)cc2OC)c(Cl)cc1F.COc1cc(C)ccc1Oc1cc(Br)c(F)cc1Cl. The molecule has 0 bridgehead atoms. The molecule has 0 aliphatic heterocycles. The van der Waals surface area contributed by atoms with E-state index in [1.807, 2.05) is 39.0 Å². The summed E-state index contributed by atoms with van der Waals surface area (Å²) >= 11 is 32.7. The van der Waals surface area contributed by atoms with Crippen molar-refractivity contribution in [2.45, 2.75) is 34.6 Å². The van der Waals surface area contributed by atoms with Gasteiger partial charge < -0.3 is 37.9 Å². The Hall–Kier alpha value is -5.81. The molecule has 0 amide bonds. The highest BCUT2D eigenvalue weighted by Gasteiger charge is 2.26. The zero-order valence-electron chi connectivity index (χ0n) is 39.0. The standard InChI is InChI=1S/C19H16Cl3FO4.C18H16ClFO5.C14H11BrClFO2/c1-4-26-19(24)17(18(21)22)11-8-15(12(20)9-13(11)23)27-14-6-5-10(2)7-16(14)25-3;1-4-24-18(22)17(21)11-8-15(12(19)9-13(11)20)25-14-6-5-10(2)7-16(14)23-3;1-8-3-4-12(14(5-8)18-2)19-13-6-9(15)11(17)7-10(13)16/h5-9H,4H2,1-3H3;5-9H,4H2,1-3H3;3-7H,1-2H3. The van der Waals surface area contributed by atoms with E-state index < -0.39 is 45.2 Å². The number of hydrogen-bond donors (Lipinski definition) is 0. The molecule has 0 saturated carbocycles. The maximum absolute atomic E-state index is 14.5. The predicted octanol–water partition coefficient (Wildman–Crippen LogP) is 16.0. The molecule has 0 aromatic heterocycles. The molecule has 6 aromatic rings. The van der Waals surface area contributed by atoms with Crippen LogP contribution in [0, 0.1) is 38.2 Å². The second-order valence-electron chi connectivity index (χ2n) is 14.4. The Balaban J connectivity index is 0.000000235. The van der Waals surface area contributed by atoms with Gasteiger partial charge in [-0.3, -0.25) is 4.79 Å². The first-order valence-electron chi connectivity index (χ1n) is 20.7. The molecule has 6 rings (SSSR count). The molecular weight excluding hydrogens is 1100 g/mol. The lowest BCUT2D eigenvalue weighted by atomic mass is 10.1. The first-order chi connectivity index (χ1) is 33.7. The number of ether oxygens (including phenoxy) is 8. The zero-order chi connectivity index (χ0) is 52.7. The third-order valence-electron chi connectivity index (χ3n) is 9.28. The Morgan fingerprint density at radius 2 is 0.831 bits per heavy atom. The van der Waals surface area contributed by atoms with E-state index in [1.165, 1.54) is 32.4 Å². The van der Waals surface area contributed by atoms with Crippen molar-refractivity contribution in [1.29, 1.82) is 0 Å². The van der Waals surface area contributed by atoms with Gasteiger partial charge in [0, 0.05) is 5.56 Å². The molecule has 6 aromatic carbocycles. The predicted molar refractivity (Wildman–Crippen MR) is 272 cm³/mol. The molecule has 0 spiro atoms. The quantitative estimate of drug-likeness (QED) is 0.0321. The molecule has 0 aliphatic carbocycles. The number of hydrogen-bond acceptors (Lipinski definition) is 11. The van der Waals surface area contributed by atoms with Gasteiger partial charge >= 0.3 is 11.9 Å². The second kappa shape index (κ2) is 27.1. The topological polar surface area (TPSA) is 125 Å². The van der Waals surface area contributed by atoms with Gasteiger partial charge in [-0.15, -0.1) is 0 Å². The number of carbonyl (C=O) groups is 3. The van der Waals surface area contributed by atoms with E-state index in [2.05, 4.69) is 20.7 Å². The molecule has 0 radical (unpaired) electrons. The normalized spacial score (nSPS) is 10.3. The van der Waals surface area contributed by atoms with Crippen molar-refractivity contribution in [2.75, 3.05) is 34.5 Å². The number of benzene rings is 6. The molecular formula is C51H43BrCl5F3O11. The van der Waals surface area contributed by atoms with Gasteiger partial charge in [0.25, 0.3) is 5.78 Å². The number of esters is 2. The monoisotopic (exact) mass is 1140 g/mol. The molecule has 0 fully saturated rings. The lowest BCUT2D eigenvalue weighted by Gasteiger charge is -2.15. The summed E-state index contributed by atoms with van der Waals surface area (Å²) in [6, 6.07) is 22.9. The number of Topliss-reactive ketones (excluding diaryl/α,β-unsaturated/α-hetero) is 1. The summed E-state index contributed by atoms with van der Waals surface area (Å²) in [5, 5.41) is 0.136. The Labute approximate surface area is 441 Å². The highest BCUT2D eigenvalue weighted by Crippen LogP contribution is 2.41. The van der Waals surface area contributed by atoms with E-state index in [0.717, 1.165) is 34.9 Å². The van der Waals surface area contributed by atoms with Crippen LogP contribution in [0.4, 0.5) is 13.2 Å². The number of carbonyl (C=O) groups excluding carboxylic acids is 3. The first kappa shape index (κ1) is 57.8. The third kappa shape index (κ3) is 15.8. The van der Waals surface area contributed by atoms with Crippen LogP contribution in [0.2, 0.25) is 15.1 Å². The van der Waals surface area contributed by atoms with E-state index in [9.17, 15) is 27.6 Å². The Morgan fingerprint density at radius 1 is 0.479 bits per heavy atom. The molecule has 0 unspecified atom stereocenters. The minimum absolute atomic E-state index is 0.00368. The summed E-state index contributed by atoms with van der Waals surface area (Å²) in [7, 11) is 4.53. The Bertz CT molecular complexity index is 2950. The van der Waals surface area contributed by atoms with Gasteiger partial charge in [0.1, 0.15) is 44.8 Å². The molecule has 71 heavy (non-hydrogen) atoms. The minimum Gasteiger partial charge on any atom is -0.493 e. The zero-order valence-corrected chi connectivity index (χ0v) is 44.3. The van der Waals surface area contributed by atoms with E-state index >= 15 is 0 Å². The molecule has 0 saturated heterocycles. The van der Waals surface area contributed by atoms with Crippen LogP contribution in [-0.4, -0.2) is 52.3 Å². The number of rotatable bonds is 15. The van der Waals surface area contributed by atoms with Crippen LogP contribution < -0.4 is 28.4 Å². The summed E-state index contributed by atoms with van der Waals surface area (Å²) in [5.74, 6) is -2.13. The fourth-order valence-corrected chi connectivity index (χ4v) is 7.14. The molecule has 11 nitrogen and oxygen atoms in total. The van der Waals surface area contributed by atoms with Gasteiger partial charge in [-0.25, -0.2) is 22.8 Å². The molecule has 20 heteroatoms. The van der Waals surface area contributed by atoms with E-state index in [4.69, 9.17) is 91.2 Å². The van der Waals surface area contributed by atoms with Gasteiger partial charge in [0.05, 0.1) is 59.6 Å². The highest BCUT2D eigenvalue weighted by molar-refractivity contribution is 9.10. The van der Waals surface area contributed by atoms with Crippen LogP contribution in [0.3, 0.4) is 0 Å². The van der Waals surface area contributed by atoms with Crippen LogP contribution in [-0.2, 0) is 19.1 Å². The van der Waals surface area contributed by atoms with Gasteiger partial charge in [-0.1, -0.05) is 76.2 Å². The van der Waals surface area contributed by atoms with E-state index in [0.29, 0.717) is 40.2 Å². The fourth-order valence-electron chi connectivity index (χ4n) is 5.89. The van der Waals surface area contributed by atoms with Gasteiger partial charge in [-0.05, 0) is 140 Å². The van der Waals surface area contributed by atoms with Crippen molar-refractivity contribution < 1.29 is 65.4 Å². The van der Waals surface area contributed by atoms with Crippen LogP contribution in [0.1, 0.15) is 46.5 Å². The molecule has 0 heterocycles. The van der Waals surface area contributed by atoms with Crippen LogP contribution in [0.25, 0.3) is 5.57 Å². The van der Waals surface area contributed by atoms with Crippen LogP contribution in [0.5, 0.6) is 51.7 Å². The van der Waals surface area contributed by atoms with Crippen molar-refractivity contribution in [3.63, 3.8) is 0 Å². The first-order valence-corrected chi connectivity index (χ1v) is 23.4. The average Bonchev–Trinajstić information content (AvgIpc) is 3.32. The molecule has 0 N–H and O–H groups in total. The average molecular weight is 1150 g/mol. The lowest BCUT2D eigenvalue weighted by Crippen LogP contribution is -2.18. The van der Waals surface area contributed by atoms with Gasteiger partial charge in [0.2, 0.25) is 0 Å². The molecule has 0 aliphatic rings. The van der Waals surface area contributed by atoms with Crippen LogP contribution >= 0.6 is 73.9 Å². The maximum atomic E-state index is 14.5. The van der Waals surface area contributed by atoms with Crippen molar-refractivity contribution in [2.24, 2.45) is 0 Å². The van der Waals surface area contributed by atoms with Crippen molar-refractivity contribution in [3.8, 4) is 51.7 Å². The van der Waals surface area contributed by atoms with Crippen molar-refractivity contribution >= 4 is 97.2 Å². The van der Waals surface area contributed by atoms with E-state index in [1.54, 1.807) is 57.4 Å². The molecule has 376 valence electrons. The number of ketones is 1. The van der Waals surface area contributed by atoms with Crippen LogP contribution in [0.15, 0.2) is 100.0 Å². The number of methoxy groups -OCH3 is 3. The van der Waals surface area contributed by atoms with E-state index in [-0.39, 0.29) is 55.4 Å². The molecule has 0 atom stereocenters. The Kier molecular flexibility index (Phi) is 22.1. The summed E-state index contributed by atoms with van der Waals surface area (Å²) in [4.78, 5) is 35.7. The summed E-state index contributed by atoms with van der Waals surface area (Å²) in [6.45, 7) is 8.96. The maximum Gasteiger partial charge on any atom is 0.379 e. The summed E-state index contributed by atoms with van der Waals surface area (Å²) in [5.41, 5.74) is 1.97. The van der Waals surface area contributed by atoms with Crippen molar-refractivity contribution in [1.82, 2.24) is 0 Å². The smallest absolute Gasteiger partial charge is 0.379 e. The fraction of sp³-hybridized carbons (Fsp3) is 0.196. The largest absolute Gasteiger partial charge is 0.493 e. The number of aryl methyl sites for hydroxylation is 3. The van der Waals surface area contributed by atoms with Gasteiger partial charge in [-0.2, -0.15) is 0 Å². The highest BCUT2D eigenvalue weighted by atomic mass is 79.9.